The third-order valence-electron chi connectivity index (χ3n) is 3.50. The maximum Gasteiger partial charge on any atom is 0.142 e. The summed E-state index contributed by atoms with van der Waals surface area (Å²) in [7, 11) is 0. The van der Waals surface area contributed by atoms with E-state index in [1.165, 1.54) is 0 Å². The first-order valence-electron chi connectivity index (χ1n) is 8.29. The van der Waals surface area contributed by atoms with Crippen LogP contribution < -0.4 is 0 Å². The molecule has 0 amide bonds. The van der Waals surface area contributed by atoms with Gasteiger partial charge in [0.2, 0.25) is 0 Å². The molecule has 4 nitrogen and oxygen atoms in total. The maximum atomic E-state index is 5.47. The Kier molecular flexibility index (Phi) is 7.54. The molecule has 0 unspecified atom stereocenters. The zero-order valence-corrected chi connectivity index (χ0v) is 14.3. The lowest BCUT2D eigenvalue weighted by molar-refractivity contribution is 0.126. The van der Waals surface area contributed by atoms with Gasteiger partial charge in [0, 0.05) is 0 Å². The molecule has 0 N–H and O–H groups in total. The zero-order chi connectivity index (χ0) is 17.0. The van der Waals surface area contributed by atoms with E-state index in [4.69, 9.17) is 9.68 Å². The van der Waals surface area contributed by atoms with Gasteiger partial charge in [-0.15, -0.1) is 0 Å². The molecule has 0 radical (unpaired) electrons. The van der Waals surface area contributed by atoms with Crippen molar-refractivity contribution in [2.75, 3.05) is 0 Å². The molecule has 0 heterocycles. The summed E-state index contributed by atoms with van der Waals surface area (Å²) in [5.41, 5.74) is 3.82. The van der Waals surface area contributed by atoms with Crippen molar-refractivity contribution >= 4 is 11.4 Å². The lowest BCUT2D eigenvalue weighted by atomic mass is 10.1. The molecule has 126 valence electrons. The summed E-state index contributed by atoms with van der Waals surface area (Å²) in [5, 5.41) is 8.48. The molecular formula is C20H24N2O2. The number of hydrogen-bond acceptors (Lipinski definition) is 4. The molecule has 0 spiro atoms. The Morgan fingerprint density at radius 1 is 0.667 bits per heavy atom. The fraction of sp³-hybridized carbons (Fsp3) is 0.300. The van der Waals surface area contributed by atoms with E-state index in [2.05, 4.69) is 10.3 Å². The monoisotopic (exact) mass is 324 g/mol. The predicted molar refractivity (Wildman–Crippen MR) is 97.9 cm³/mol. The van der Waals surface area contributed by atoms with E-state index in [1.54, 1.807) is 0 Å². The second kappa shape index (κ2) is 10.2. The Bertz CT molecular complexity index is 592. The Balaban J connectivity index is 1.92. The topological polar surface area (TPSA) is 43.2 Å². The summed E-state index contributed by atoms with van der Waals surface area (Å²) in [6.45, 7) is 4.97. The van der Waals surface area contributed by atoms with Crippen molar-refractivity contribution in [2.45, 2.75) is 39.9 Å². The van der Waals surface area contributed by atoms with Gasteiger partial charge < -0.3 is 9.68 Å². The van der Waals surface area contributed by atoms with Gasteiger partial charge in [-0.05, 0) is 24.0 Å². The number of rotatable bonds is 9. The van der Waals surface area contributed by atoms with Gasteiger partial charge in [0.1, 0.15) is 24.6 Å². The molecule has 0 fully saturated rings. The van der Waals surface area contributed by atoms with Crippen LogP contribution in [-0.2, 0) is 22.9 Å². The van der Waals surface area contributed by atoms with Crippen molar-refractivity contribution in [3.63, 3.8) is 0 Å². The second-order valence-corrected chi connectivity index (χ2v) is 5.30. The second-order valence-electron chi connectivity index (χ2n) is 5.30. The van der Waals surface area contributed by atoms with Gasteiger partial charge in [-0.1, -0.05) is 84.8 Å². The molecule has 0 atom stereocenters. The minimum Gasteiger partial charge on any atom is -0.391 e. The Morgan fingerprint density at radius 2 is 1.04 bits per heavy atom. The highest BCUT2D eigenvalue weighted by atomic mass is 16.6. The van der Waals surface area contributed by atoms with Crippen LogP contribution in [0, 0.1) is 0 Å². The third kappa shape index (κ3) is 5.88. The van der Waals surface area contributed by atoms with Crippen LogP contribution >= 0.6 is 0 Å². The van der Waals surface area contributed by atoms with Crippen LogP contribution in [0.5, 0.6) is 0 Å². The van der Waals surface area contributed by atoms with E-state index < -0.39 is 0 Å². The van der Waals surface area contributed by atoms with Crippen LogP contribution in [-0.4, -0.2) is 11.4 Å². The fourth-order valence-electron chi connectivity index (χ4n) is 2.16. The average molecular weight is 324 g/mol. The molecule has 24 heavy (non-hydrogen) atoms. The number of nitrogens with zero attached hydrogens (tertiary/aromatic N) is 2. The molecule has 0 aliphatic heterocycles. The smallest absolute Gasteiger partial charge is 0.142 e. The third-order valence-corrected chi connectivity index (χ3v) is 3.50. The molecule has 2 aromatic rings. The fourth-order valence-corrected chi connectivity index (χ4v) is 2.16. The van der Waals surface area contributed by atoms with Gasteiger partial charge in [-0.25, -0.2) is 0 Å². The minimum absolute atomic E-state index is 0.451. The highest BCUT2D eigenvalue weighted by Gasteiger charge is 2.07. The molecule has 0 bridgehead atoms. The van der Waals surface area contributed by atoms with E-state index >= 15 is 0 Å². The first-order valence-corrected chi connectivity index (χ1v) is 8.29. The van der Waals surface area contributed by atoms with E-state index in [0.717, 1.165) is 35.4 Å². The van der Waals surface area contributed by atoms with Crippen LogP contribution in [0.25, 0.3) is 0 Å². The molecule has 2 rings (SSSR count). The van der Waals surface area contributed by atoms with Gasteiger partial charge in [0.25, 0.3) is 0 Å². The summed E-state index contributed by atoms with van der Waals surface area (Å²) < 4.78 is 0. The molecule has 0 saturated carbocycles. The van der Waals surface area contributed by atoms with Gasteiger partial charge in [-0.3, -0.25) is 0 Å². The summed E-state index contributed by atoms with van der Waals surface area (Å²) >= 11 is 0. The molecular weight excluding hydrogens is 300 g/mol. The lowest BCUT2D eigenvalue weighted by Crippen LogP contribution is -2.13. The van der Waals surface area contributed by atoms with Gasteiger partial charge >= 0.3 is 0 Å². The van der Waals surface area contributed by atoms with Crippen LogP contribution in [0.3, 0.4) is 0 Å². The summed E-state index contributed by atoms with van der Waals surface area (Å²) in [4.78, 5) is 10.9. The van der Waals surface area contributed by atoms with Crippen molar-refractivity contribution in [1.29, 1.82) is 0 Å². The molecule has 0 aromatic heterocycles. The number of oxime groups is 2. The largest absolute Gasteiger partial charge is 0.391 e. The van der Waals surface area contributed by atoms with Gasteiger partial charge in [0.15, 0.2) is 0 Å². The molecule has 0 saturated heterocycles. The standard InChI is InChI=1S/C20H24N2O2/c1-3-19(21-23-15-17-11-7-5-8-12-17)20(4-2)22-24-16-18-13-9-6-10-14-18/h5-14H,3-4,15-16H2,1-2H3/b21-19+,22-20+. The van der Waals surface area contributed by atoms with Crippen LogP contribution in [0.1, 0.15) is 37.8 Å². The maximum absolute atomic E-state index is 5.47. The molecule has 4 heteroatoms. The lowest BCUT2D eigenvalue weighted by Gasteiger charge is -2.07. The van der Waals surface area contributed by atoms with Crippen LogP contribution in [0.4, 0.5) is 0 Å². The summed E-state index contributed by atoms with van der Waals surface area (Å²) in [6.07, 6.45) is 1.49. The van der Waals surface area contributed by atoms with Crippen molar-refractivity contribution in [2.24, 2.45) is 10.3 Å². The molecule has 0 aliphatic carbocycles. The number of hydrogen-bond donors (Lipinski definition) is 0. The quantitative estimate of drug-likeness (QED) is 0.484. The van der Waals surface area contributed by atoms with E-state index in [9.17, 15) is 0 Å². The zero-order valence-electron chi connectivity index (χ0n) is 14.3. The normalized spacial score (nSPS) is 12.1. The SMILES string of the molecule is CCC(=N\OCc1ccccc1)/C(CC)=N/OCc1ccccc1. The summed E-state index contributed by atoms with van der Waals surface area (Å²) in [6, 6.07) is 20.0. The average Bonchev–Trinajstić information content (AvgIpc) is 2.65. The Labute approximate surface area is 143 Å². The van der Waals surface area contributed by atoms with Crippen molar-refractivity contribution < 1.29 is 9.68 Å². The first kappa shape index (κ1) is 17.7. The number of benzene rings is 2. The molecule has 2 aromatic carbocycles. The van der Waals surface area contributed by atoms with E-state index in [-0.39, 0.29) is 0 Å². The van der Waals surface area contributed by atoms with Gasteiger partial charge in [0.05, 0.1) is 0 Å². The first-order chi connectivity index (χ1) is 11.8. The highest BCUT2D eigenvalue weighted by Crippen LogP contribution is 2.05. The van der Waals surface area contributed by atoms with E-state index in [0.29, 0.717) is 13.2 Å². The molecule has 0 aliphatic rings. The van der Waals surface area contributed by atoms with Crippen molar-refractivity contribution in [3.05, 3.63) is 71.8 Å². The summed E-state index contributed by atoms with van der Waals surface area (Å²) in [5.74, 6) is 0. The van der Waals surface area contributed by atoms with Crippen molar-refractivity contribution in [1.82, 2.24) is 0 Å². The van der Waals surface area contributed by atoms with Crippen LogP contribution in [0.15, 0.2) is 71.0 Å². The van der Waals surface area contributed by atoms with Gasteiger partial charge in [-0.2, -0.15) is 0 Å². The van der Waals surface area contributed by atoms with E-state index in [1.807, 2.05) is 74.5 Å². The Morgan fingerprint density at radius 3 is 1.38 bits per heavy atom. The predicted octanol–water partition coefficient (Wildman–Crippen LogP) is 4.95. The minimum atomic E-state index is 0.451. The van der Waals surface area contributed by atoms with Crippen LogP contribution in [0.2, 0.25) is 0 Å². The highest BCUT2D eigenvalue weighted by molar-refractivity contribution is 6.41. The Hall–Kier alpha value is -2.62. The van der Waals surface area contributed by atoms with Crippen molar-refractivity contribution in [3.8, 4) is 0 Å².